The van der Waals surface area contributed by atoms with Crippen LogP contribution in [0.25, 0.3) is 0 Å². The lowest BCUT2D eigenvalue weighted by Crippen LogP contribution is -2.41. The molecule has 0 aliphatic heterocycles. The van der Waals surface area contributed by atoms with Gasteiger partial charge < -0.3 is 5.32 Å². The van der Waals surface area contributed by atoms with Crippen molar-refractivity contribution in [3.8, 4) is 0 Å². The van der Waals surface area contributed by atoms with Gasteiger partial charge in [0, 0.05) is 17.3 Å². The van der Waals surface area contributed by atoms with E-state index in [1.807, 2.05) is 0 Å². The summed E-state index contributed by atoms with van der Waals surface area (Å²) in [6.45, 7) is 3.06. The summed E-state index contributed by atoms with van der Waals surface area (Å²) >= 11 is 3.51. The Hall–Kier alpha value is -0.0500. The fourth-order valence-corrected chi connectivity index (χ4v) is 3.98. The number of carbonyl (C=O) groups excluding carboxylic acids is 1. The van der Waals surface area contributed by atoms with Gasteiger partial charge in [0.1, 0.15) is 0 Å². The van der Waals surface area contributed by atoms with Gasteiger partial charge in [-0.1, -0.05) is 35.7 Å². The van der Waals surface area contributed by atoms with Crippen LogP contribution in [0.5, 0.6) is 0 Å². The van der Waals surface area contributed by atoms with Crippen molar-refractivity contribution in [2.45, 2.75) is 58.3 Å². The smallest absolute Gasteiger partial charge is 0.226 e. The summed E-state index contributed by atoms with van der Waals surface area (Å²) in [6, 6.07) is 0. The number of hydrogen-bond donors (Lipinski definition) is 1. The predicted octanol–water partition coefficient (Wildman–Crippen LogP) is 3.64. The van der Waals surface area contributed by atoms with Gasteiger partial charge in [-0.05, 0) is 43.9 Å². The molecule has 3 heteroatoms. The maximum absolute atomic E-state index is 12.4. The number of amides is 1. The van der Waals surface area contributed by atoms with Crippen LogP contribution in [0.15, 0.2) is 0 Å². The van der Waals surface area contributed by atoms with Crippen LogP contribution in [-0.4, -0.2) is 17.8 Å². The average Bonchev–Trinajstić information content (AvgIpc) is 2.93. The van der Waals surface area contributed by atoms with Crippen LogP contribution in [0.4, 0.5) is 0 Å². The first kappa shape index (κ1) is 13.4. The summed E-state index contributed by atoms with van der Waals surface area (Å²) in [5.41, 5.74) is 0.414. The molecule has 0 heterocycles. The maximum Gasteiger partial charge on any atom is 0.226 e. The van der Waals surface area contributed by atoms with Gasteiger partial charge in [0.25, 0.3) is 0 Å². The number of alkyl halides is 1. The van der Waals surface area contributed by atoms with Crippen molar-refractivity contribution in [2.75, 3.05) is 11.9 Å². The van der Waals surface area contributed by atoms with Gasteiger partial charge in [-0.15, -0.1) is 0 Å². The Morgan fingerprint density at radius 3 is 2.35 bits per heavy atom. The number of nitrogens with one attached hydrogen (secondary N) is 1. The zero-order valence-electron chi connectivity index (χ0n) is 10.9. The molecule has 2 nitrogen and oxygen atoms in total. The quantitative estimate of drug-likeness (QED) is 0.746. The molecule has 2 fully saturated rings. The topological polar surface area (TPSA) is 29.1 Å². The molecular weight excluding hydrogens is 278 g/mol. The molecule has 0 aromatic heterocycles. The highest BCUT2D eigenvalue weighted by molar-refractivity contribution is 9.09. The summed E-state index contributed by atoms with van der Waals surface area (Å²) in [7, 11) is 0. The maximum atomic E-state index is 12.4. The number of halogens is 1. The van der Waals surface area contributed by atoms with Crippen LogP contribution >= 0.6 is 15.9 Å². The summed E-state index contributed by atoms with van der Waals surface area (Å²) in [4.78, 5) is 12.4. The molecule has 0 aromatic carbocycles. The SMILES string of the molecule is CCC1(C(=O)NCC2(CCBr)CC2)CCCC1. The Kier molecular flexibility index (Phi) is 4.17. The lowest BCUT2D eigenvalue weighted by molar-refractivity contribution is -0.131. The Bertz CT molecular complexity index is 280. The highest BCUT2D eigenvalue weighted by Crippen LogP contribution is 2.49. The van der Waals surface area contributed by atoms with E-state index in [2.05, 4.69) is 28.2 Å². The van der Waals surface area contributed by atoms with Crippen molar-refractivity contribution in [2.24, 2.45) is 10.8 Å². The Morgan fingerprint density at radius 1 is 1.24 bits per heavy atom. The standard InChI is InChI=1S/C14H24BrNO/c1-2-14(5-3-4-6-14)12(17)16-11-13(7-8-13)9-10-15/h2-11H2,1H3,(H,16,17). The largest absolute Gasteiger partial charge is 0.355 e. The fourth-order valence-electron chi connectivity index (χ4n) is 3.14. The second kappa shape index (κ2) is 5.29. The Balaban J connectivity index is 1.84. The van der Waals surface area contributed by atoms with E-state index in [4.69, 9.17) is 0 Å². The minimum atomic E-state index is -0.0233. The number of hydrogen-bond acceptors (Lipinski definition) is 1. The number of carbonyl (C=O) groups is 1. The van der Waals surface area contributed by atoms with E-state index in [9.17, 15) is 4.79 Å². The Labute approximate surface area is 113 Å². The van der Waals surface area contributed by atoms with Crippen molar-refractivity contribution in [1.82, 2.24) is 5.32 Å². The minimum absolute atomic E-state index is 0.0233. The van der Waals surface area contributed by atoms with Crippen molar-refractivity contribution < 1.29 is 4.79 Å². The van der Waals surface area contributed by atoms with Crippen molar-refractivity contribution >= 4 is 21.8 Å². The molecule has 0 radical (unpaired) electrons. The third kappa shape index (κ3) is 2.86. The summed E-state index contributed by atoms with van der Waals surface area (Å²) in [6.07, 6.45) is 9.44. The van der Waals surface area contributed by atoms with Gasteiger partial charge >= 0.3 is 0 Å². The van der Waals surface area contributed by atoms with Crippen LogP contribution in [0, 0.1) is 10.8 Å². The van der Waals surface area contributed by atoms with Gasteiger partial charge in [0.15, 0.2) is 0 Å². The van der Waals surface area contributed by atoms with E-state index in [0.717, 1.165) is 31.1 Å². The minimum Gasteiger partial charge on any atom is -0.355 e. The average molecular weight is 302 g/mol. The fraction of sp³-hybridized carbons (Fsp3) is 0.929. The molecule has 17 heavy (non-hydrogen) atoms. The number of rotatable bonds is 6. The molecule has 0 unspecified atom stereocenters. The van der Waals surface area contributed by atoms with E-state index in [1.54, 1.807) is 0 Å². The second-order valence-electron chi connectivity index (χ2n) is 5.96. The van der Waals surface area contributed by atoms with Gasteiger partial charge in [0.05, 0.1) is 0 Å². The highest BCUT2D eigenvalue weighted by Gasteiger charge is 2.44. The molecule has 2 aliphatic carbocycles. The summed E-state index contributed by atoms with van der Waals surface area (Å²) < 4.78 is 0. The zero-order chi connectivity index (χ0) is 12.4. The lowest BCUT2D eigenvalue weighted by Gasteiger charge is -2.27. The molecule has 0 saturated heterocycles. The molecular formula is C14H24BrNO. The molecule has 2 saturated carbocycles. The first-order valence-corrected chi connectivity index (χ1v) is 8.13. The van der Waals surface area contributed by atoms with Crippen LogP contribution in [0.3, 0.4) is 0 Å². The first-order chi connectivity index (χ1) is 8.16. The van der Waals surface area contributed by atoms with Gasteiger partial charge in [0.2, 0.25) is 5.91 Å². The van der Waals surface area contributed by atoms with Crippen LogP contribution in [-0.2, 0) is 4.79 Å². The van der Waals surface area contributed by atoms with Gasteiger partial charge in [-0.3, -0.25) is 4.79 Å². The van der Waals surface area contributed by atoms with Gasteiger partial charge in [-0.2, -0.15) is 0 Å². The van der Waals surface area contributed by atoms with E-state index in [0.29, 0.717) is 11.3 Å². The normalized spacial score (nSPS) is 24.6. The molecule has 0 aromatic rings. The van der Waals surface area contributed by atoms with E-state index >= 15 is 0 Å². The van der Waals surface area contributed by atoms with Crippen LogP contribution in [0.2, 0.25) is 0 Å². The lowest BCUT2D eigenvalue weighted by atomic mass is 9.82. The van der Waals surface area contributed by atoms with E-state index in [1.165, 1.54) is 32.1 Å². The zero-order valence-corrected chi connectivity index (χ0v) is 12.4. The summed E-state index contributed by atoms with van der Waals surface area (Å²) in [5, 5.41) is 4.30. The van der Waals surface area contributed by atoms with Gasteiger partial charge in [-0.25, -0.2) is 0 Å². The molecule has 1 amide bonds. The van der Waals surface area contributed by atoms with Crippen LogP contribution in [0.1, 0.15) is 58.3 Å². The van der Waals surface area contributed by atoms with Crippen molar-refractivity contribution in [3.63, 3.8) is 0 Å². The summed E-state index contributed by atoms with van der Waals surface area (Å²) in [5.74, 6) is 0.332. The monoisotopic (exact) mass is 301 g/mol. The third-order valence-corrected chi connectivity index (χ3v) is 5.32. The molecule has 2 aliphatic rings. The molecule has 0 atom stereocenters. The van der Waals surface area contributed by atoms with Crippen molar-refractivity contribution in [1.29, 1.82) is 0 Å². The first-order valence-electron chi connectivity index (χ1n) is 7.01. The van der Waals surface area contributed by atoms with E-state index in [-0.39, 0.29) is 5.41 Å². The molecule has 2 rings (SSSR count). The molecule has 0 bridgehead atoms. The molecule has 1 N–H and O–H groups in total. The predicted molar refractivity (Wildman–Crippen MR) is 74.3 cm³/mol. The third-order valence-electron chi connectivity index (χ3n) is 4.92. The second-order valence-corrected chi connectivity index (χ2v) is 6.76. The van der Waals surface area contributed by atoms with Crippen LogP contribution < -0.4 is 5.32 Å². The Morgan fingerprint density at radius 2 is 1.88 bits per heavy atom. The molecule has 98 valence electrons. The highest BCUT2D eigenvalue weighted by atomic mass is 79.9. The van der Waals surface area contributed by atoms with Crippen molar-refractivity contribution in [3.05, 3.63) is 0 Å². The molecule has 0 spiro atoms. The van der Waals surface area contributed by atoms with E-state index < -0.39 is 0 Å².